The van der Waals surface area contributed by atoms with E-state index in [2.05, 4.69) is 5.32 Å². The molecule has 10 N–H and O–H groups in total. The number of hydrogen-bond acceptors (Lipinski definition) is 7. The van der Waals surface area contributed by atoms with Crippen molar-refractivity contribution in [3.63, 3.8) is 0 Å². The van der Waals surface area contributed by atoms with Gasteiger partial charge in [0, 0.05) is 6.54 Å². The van der Waals surface area contributed by atoms with Crippen LogP contribution in [0.3, 0.4) is 0 Å². The van der Waals surface area contributed by atoms with Crippen molar-refractivity contribution in [3.05, 3.63) is 0 Å². The topological polar surface area (TPSA) is 251 Å². The van der Waals surface area contributed by atoms with Crippen molar-refractivity contribution in [2.75, 3.05) is 6.54 Å². The molecule has 0 fully saturated rings. The number of carboxylic acid groups (broad SMARTS) is 3. The minimum atomic E-state index is -4.24. The number of carboxylic acids is 3. The Morgan fingerprint density at radius 2 is 1.48 bits per heavy atom. The van der Waals surface area contributed by atoms with Crippen molar-refractivity contribution in [1.29, 1.82) is 0 Å². The first-order valence-electron chi connectivity index (χ1n) is 6.68. The molecule has 0 rings (SSSR count). The summed E-state index contributed by atoms with van der Waals surface area (Å²) >= 11 is 0. The Bertz CT molecular complexity index is 534. The molecule has 0 aromatic rings. The van der Waals surface area contributed by atoms with Crippen LogP contribution in [0.4, 0.5) is 0 Å². The lowest BCUT2D eigenvalue weighted by atomic mass is 10.2. The summed E-state index contributed by atoms with van der Waals surface area (Å²) in [5, 5.41) is 26.9. The van der Waals surface area contributed by atoms with Crippen molar-refractivity contribution in [3.8, 4) is 0 Å². The summed E-state index contributed by atoms with van der Waals surface area (Å²) in [6.45, 7) is 1.10. The monoisotopic (exact) mass is 387 g/mol. The fourth-order valence-corrected chi connectivity index (χ4v) is 1.50. The first-order chi connectivity index (χ1) is 11.2. The first-order valence-corrected chi connectivity index (χ1v) is 8.36. The summed E-state index contributed by atoms with van der Waals surface area (Å²) in [6.07, 6.45) is -1.06. The maximum absolute atomic E-state index is 10.8. The number of aliphatic carboxylic acids is 3. The predicted molar refractivity (Wildman–Crippen MR) is 82.6 cm³/mol. The lowest BCUT2D eigenvalue weighted by Gasteiger charge is -2.18. The largest absolute Gasteiger partial charge is 0.481 e. The fourth-order valence-electron chi connectivity index (χ4n) is 1.16. The molecule has 13 nitrogen and oxygen atoms in total. The molecule has 0 aliphatic carbocycles. The molecule has 1 unspecified atom stereocenters. The van der Waals surface area contributed by atoms with Gasteiger partial charge < -0.3 is 41.9 Å². The minimum absolute atomic E-state index is 0.189. The van der Waals surface area contributed by atoms with E-state index in [4.69, 9.17) is 36.6 Å². The zero-order chi connectivity index (χ0) is 20.4. The highest BCUT2D eigenvalue weighted by Crippen LogP contribution is 2.40. The molecular formula is C11H22N3O10P. The van der Waals surface area contributed by atoms with Gasteiger partial charge in [-0.3, -0.25) is 23.7 Å². The molecule has 3 atom stereocenters. The third kappa shape index (κ3) is 14.0. The zero-order valence-electron chi connectivity index (χ0n) is 13.2. The van der Waals surface area contributed by atoms with Crippen LogP contribution >= 0.6 is 7.60 Å². The summed E-state index contributed by atoms with van der Waals surface area (Å²) < 4.78 is 10.8. The quantitative estimate of drug-likeness (QED) is 0.179. The summed E-state index contributed by atoms with van der Waals surface area (Å²) in [4.78, 5) is 58.3. The maximum Gasteiger partial charge on any atom is 0.329 e. The summed E-state index contributed by atoms with van der Waals surface area (Å²) in [5.41, 5.74) is 8.75. The van der Waals surface area contributed by atoms with Crippen LogP contribution in [0, 0.1) is 0 Å². The van der Waals surface area contributed by atoms with E-state index < -0.39 is 62.0 Å². The van der Waals surface area contributed by atoms with Crippen molar-refractivity contribution in [2.45, 2.75) is 37.5 Å². The molecule has 0 aliphatic heterocycles. The van der Waals surface area contributed by atoms with Gasteiger partial charge in [-0.1, -0.05) is 0 Å². The van der Waals surface area contributed by atoms with E-state index in [0.29, 0.717) is 0 Å². The molecule has 0 saturated heterocycles. The molecule has 25 heavy (non-hydrogen) atoms. The van der Waals surface area contributed by atoms with Gasteiger partial charge in [0.05, 0.1) is 24.5 Å². The molecule has 0 aliphatic rings. The molecule has 0 saturated carbocycles. The fraction of sp³-hybridized carbons (Fsp3) is 0.636. The number of amides is 1. The average molecular weight is 387 g/mol. The van der Waals surface area contributed by atoms with Gasteiger partial charge in [0.2, 0.25) is 5.91 Å². The van der Waals surface area contributed by atoms with Crippen LogP contribution in [0.5, 0.6) is 0 Å². The molecular weight excluding hydrogens is 365 g/mol. The Morgan fingerprint density at radius 3 is 1.72 bits per heavy atom. The van der Waals surface area contributed by atoms with Crippen LogP contribution in [0.2, 0.25) is 0 Å². The van der Waals surface area contributed by atoms with E-state index in [9.17, 15) is 23.7 Å². The SMILES string of the molecule is CC(CN[C@@H](CC(=O)O)C(N)=O)P(=O)(O)O.N[C@@H](CC(=O)O)C(=O)O. The van der Waals surface area contributed by atoms with Crippen LogP contribution < -0.4 is 16.8 Å². The predicted octanol–water partition coefficient (Wildman–Crippen LogP) is -2.66. The van der Waals surface area contributed by atoms with Gasteiger partial charge in [-0.2, -0.15) is 0 Å². The zero-order valence-corrected chi connectivity index (χ0v) is 14.1. The normalized spacial score (nSPS) is 14.4. The van der Waals surface area contributed by atoms with Gasteiger partial charge >= 0.3 is 25.5 Å². The lowest BCUT2D eigenvalue weighted by molar-refractivity contribution is -0.144. The number of hydrogen-bond donors (Lipinski definition) is 8. The number of carbonyl (C=O) groups is 4. The Hall–Kier alpha value is -2.05. The number of carbonyl (C=O) groups excluding carboxylic acids is 1. The second-order valence-electron chi connectivity index (χ2n) is 4.94. The highest BCUT2D eigenvalue weighted by molar-refractivity contribution is 7.52. The summed E-state index contributed by atoms with van der Waals surface area (Å²) in [5.74, 6) is -4.59. The smallest absolute Gasteiger partial charge is 0.329 e. The molecule has 146 valence electrons. The second-order valence-corrected chi connectivity index (χ2v) is 7.00. The van der Waals surface area contributed by atoms with Crippen LogP contribution in [-0.4, -0.2) is 73.2 Å². The highest BCUT2D eigenvalue weighted by Gasteiger charge is 2.26. The third-order valence-corrected chi connectivity index (χ3v) is 4.00. The van der Waals surface area contributed by atoms with E-state index >= 15 is 0 Å². The van der Waals surface area contributed by atoms with E-state index in [-0.39, 0.29) is 6.54 Å². The number of primary amides is 1. The van der Waals surface area contributed by atoms with Crippen molar-refractivity contribution in [2.24, 2.45) is 11.5 Å². The molecule has 0 radical (unpaired) electrons. The van der Waals surface area contributed by atoms with Crippen molar-refractivity contribution < 1.29 is 48.8 Å². The van der Waals surface area contributed by atoms with E-state index in [0.717, 1.165) is 0 Å². The van der Waals surface area contributed by atoms with E-state index in [1.165, 1.54) is 6.92 Å². The Labute approximate surface area is 142 Å². The number of nitrogens with one attached hydrogen (secondary N) is 1. The van der Waals surface area contributed by atoms with Crippen LogP contribution in [0.1, 0.15) is 19.8 Å². The minimum Gasteiger partial charge on any atom is -0.481 e. The standard InChI is InChI=1S/C7H15N2O6P.C4H7NO4/c1-4(16(13,14)15)3-9-5(7(8)12)2-6(10)11;5-2(4(8)9)1-3(6)7/h4-5,9H,2-3H2,1H3,(H2,8,12)(H,10,11)(H2,13,14,15);2H,1,5H2,(H,6,7)(H,8,9)/t4?,5-;2-/m00/s1. The number of nitrogens with two attached hydrogens (primary N) is 2. The third-order valence-electron chi connectivity index (χ3n) is 2.67. The Morgan fingerprint density at radius 1 is 1.04 bits per heavy atom. The van der Waals surface area contributed by atoms with Crippen LogP contribution in [0.25, 0.3) is 0 Å². The van der Waals surface area contributed by atoms with Crippen LogP contribution in [0.15, 0.2) is 0 Å². The van der Waals surface area contributed by atoms with Crippen LogP contribution in [-0.2, 0) is 23.7 Å². The molecule has 1 amide bonds. The van der Waals surface area contributed by atoms with E-state index in [1.54, 1.807) is 0 Å². The van der Waals surface area contributed by atoms with Crippen molar-refractivity contribution >= 4 is 31.4 Å². The molecule has 0 spiro atoms. The highest BCUT2D eigenvalue weighted by atomic mass is 31.2. The van der Waals surface area contributed by atoms with Gasteiger partial charge in [0.1, 0.15) is 6.04 Å². The Balaban J connectivity index is 0. The summed E-state index contributed by atoms with van der Waals surface area (Å²) in [7, 11) is -4.24. The van der Waals surface area contributed by atoms with Gasteiger partial charge in [-0.05, 0) is 6.92 Å². The Kier molecular flexibility index (Phi) is 11.6. The average Bonchev–Trinajstić information content (AvgIpc) is 2.41. The molecule has 0 heterocycles. The van der Waals surface area contributed by atoms with Gasteiger partial charge in [0.15, 0.2) is 0 Å². The molecule has 0 aromatic carbocycles. The van der Waals surface area contributed by atoms with Gasteiger partial charge in [-0.15, -0.1) is 0 Å². The lowest BCUT2D eigenvalue weighted by Crippen LogP contribution is -2.45. The molecule has 14 heteroatoms. The van der Waals surface area contributed by atoms with E-state index in [1.807, 2.05) is 0 Å². The second kappa shape index (κ2) is 11.5. The van der Waals surface area contributed by atoms with Crippen molar-refractivity contribution in [1.82, 2.24) is 5.32 Å². The first kappa shape index (κ1) is 25.2. The number of rotatable bonds is 10. The summed E-state index contributed by atoms with van der Waals surface area (Å²) in [6, 6.07) is -2.42. The molecule has 0 bridgehead atoms. The van der Waals surface area contributed by atoms with Gasteiger partial charge in [0.25, 0.3) is 0 Å². The molecule has 0 aromatic heterocycles. The maximum atomic E-state index is 10.8. The van der Waals surface area contributed by atoms with Gasteiger partial charge in [-0.25, -0.2) is 0 Å².